The van der Waals surface area contributed by atoms with E-state index in [1.165, 1.54) is 17.1 Å². The molecule has 0 aliphatic rings. The van der Waals surface area contributed by atoms with Crippen LogP contribution in [-0.2, 0) is 0 Å². The van der Waals surface area contributed by atoms with E-state index in [9.17, 15) is 0 Å². The number of hydrogen-bond acceptors (Lipinski definition) is 3. The number of benzene rings is 1. The van der Waals surface area contributed by atoms with Gasteiger partial charge in [-0.3, -0.25) is 0 Å². The van der Waals surface area contributed by atoms with Crippen LogP contribution in [0, 0.1) is 0 Å². The summed E-state index contributed by atoms with van der Waals surface area (Å²) >= 11 is 1.47. The molecule has 0 atom stereocenters. The van der Waals surface area contributed by atoms with Crippen LogP contribution >= 0.6 is 11.5 Å². The van der Waals surface area contributed by atoms with Crippen molar-refractivity contribution in [2.24, 2.45) is 0 Å². The maximum absolute atomic E-state index is 5.48. The maximum Gasteiger partial charge on any atom is 0.157 e. The quantitative estimate of drug-likeness (QED) is 0.767. The summed E-state index contributed by atoms with van der Waals surface area (Å²) in [7, 11) is 0. The Kier molecular flexibility index (Phi) is 2.79. The highest BCUT2D eigenvalue weighted by atomic mass is 32.1. The van der Waals surface area contributed by atoms with Gasteiger partial charge in [-0.25, -0.2) is 0 Å². The Morgan fingerprint density at radius 3 is 2.79 bits per heavy atom. The summed E-state index contributed by atoms with van der Waals surface area (Å²) in [5.41, 5.74) is 1.17. The van der Waals surface area contributed by atoms with Crippen LogP contribution < -0.4 is 4.74 Å². The summed E-state index contributed by atoms with van der Waals surface area (Å²) in [6, 6.07) is 10.2. The SMILES string of the molecule is CCOc1cnsc1-c1ccccc1. The molecule has 1 aromatic heterocycles. The molecule has 2 nitrogen and oxygen atoms in total. The van der Waals surface area contributed by atoms with Crippen molar-refractivity contribution in [3.8, 4) is 16.2 Å². The zero-order valence-corrected chi connectivity index (χ0v) is 8.75. The van der Waals surface area contributed by atoms with Crippen LogP contribution in [0.4, 0.5) is 0 Å². The molecule has 1 aromatic carbocycles. The lowest BCUT2D eigenvalue weighted by Gasteiger charge is -2.02. The van der Waals surface area contributed by atoms with E-state index in [0.29, 0.717) is 6.61 Å². The fourth-order valence-corrected chi connectivity index (χ4v) is 1.97. The summed E-state index contributed by atoms with van der Waals surface area (Å²) < 4.78 is 9.61. The number of ether oxygens (including phenoxy) is 1. The Balaban J connectivity index is 2.37. The minimum Gasteiger partial charge on any atom is -0.491 e. The van der Waals surface area contributed by atoms with Gasteiger partial charge in [0, 0.05) is 0 Å². The lowest BCUT2D eigenvalue weighted by atomic mass is 10.2. The Labute approximate surface area is 87.3 Å². The molecule has 3 heteroatoms. The predicted octanol–water partition coefficient (Wildman–Crippen LogP) is 3.21. The zero-order chi connectivity index (χ0) is 9.80. The van der Waals surface area contributed by atoms with Gasteiger partial charge in [0.1, 0.15) is 0 Å². The van der Waals surface area contributed by atoms with Gasteiger partial charge in [-0.15, -0.1) is 0 Å². The van der Waals surface area contributed by atoms with Crippen molar-refractivity contribution in [1.29, 1.82) is 0 Å². The van der Waals surface area contributed by atoms with Crippen molar-refractivity contribution < 1.29 is 4.74 Å². The number of hydrogen-bond donors (Lipinski definition) is 0. The molecule has 0 saturated heterocycles. The van der Waals surface area contributed by atoms with Crippen molar-refractivity contribution in [2.45, 2.75) is 6.92 Å². The molecule has 0 saturated carbocycles. The van der Waals surface area contributed by atoms with Crippen molar-refractivity contribution in [2.75, 3.05) is 6.61 Å². The first kappa shape index (κ1) is 9.21. The van der Waals surface area contributed by atoms with Gasteiger partial charge in [0.25, 0.3) is 0 Å². The van der Waals surface area contributed by atoms with Crippen LogP contribution in [0.3, 0.4) is 0 Å². The van der Waals surface area contributed by atoms with Crippen LogP contribution in [0.2, 0.25) is 0 Å². The number of nitrogens with zero attached hydrogens (tertiary/aromatic N) is 1. The average Bonchev–Trinajstić information content (AvgIpc) is 2.68. The van der Waals surface area contributed by atoms with E-state index in [0.717, 1.165) is 10.6 Å². The number of rotatable bonds is 3. The summed E-state index contributed by atoms with van der Waals surface area (Å²) in [5.74, 6) is 0.878. The molecule has 0 amide bonds. The normalized spacial score (nSPS) is 10.1. The molecule has 0 aliphatic heterocycles. The molecule has 0 unspecified atom stereocenters. The van der Waals surface area contributed by atoms with E-state index < -0.39 is 0 Å². The van der Waals surface area contributed by atoms with Gasteiger partial charge in [-0.05, 0) is 24.0 Å². The molecule has 14 heavy (non-hydrogen) atoms. The smallest absolute Gasteiger partial charge is 0.157 e. The summed E-state index contributed by atoms with van der Waals surface area (Å²) in [6.45, 7) is 2.66. The molecule has 2 rings (SSSR count). The highest BCUT2D eigenvalue weighted by Crippen LogP contribution is 2.33. The molecule has 0 radical (unpaired) electrons. The molecule has 0 aliphatic carbocycles. The molecule has 1 heterocycles. The first-order chi connectivity index (χ1) is 6.92. The fraction of sp³-hybridized carbons (Fsp3) is 0.182. The van der Waals surface area contributed by atoms with E-state index in [4.69, 9.17) is 4.74 Å². The topological polar surface area (TPSA) is 22.1 Å². The second-order valence-corrected chi connectivity index (χ2v) is 3.62. The molecule has 0 bridgehead atoms. The molecule has 0 spiro atoms. The van der Waals surface area contributed by atoms with Crippen LogP contribution in [-0.4, -0.2) is 11.0 Å². The lowest BCUT2D eigenvalue weighted by molar-refractivity contribution is 0.342. The molecular formula is C11H11NOS. The Morgan fingerprint density at radius 2 is 2.07 bits per heavy atom. The highest BCUT2D eigenvalue weighted by molar-refractivity contribution is 7.10. The minimum absolute atomic E-state index is 0.679. The summed E-state index contributed by atoms with van der Waals surface area (Å²) in [4.78, 5) is 1.10. The molecule has 0 N–H and O–H groups in total. The first-order valence-electron chi connectivity index (χ1n) is 4.54. The Morgan fingerprint density at radius 1 is 1.29 bits per heavy atom. The first-order valence-corrected chi connectivity index (χ1v) is 5.32. The molecule has 0 fully saturated rings. The lowest BCUT2D eigenvalue weighted by Crippen LogP contribution is -1.90. The second kappa shape index (κ2) is 4.24. The number of aromatic nitrogens is 1. The van der Waals surface area contributed by atoms with E-state index in [1.807, 2.05) is 25.1 Å². The minimum atomic E-state index is 0.679. The largest absolute Gasteiger partial charge is 0.491 e. The summed E-state index contributed by atoms with van der Waals surface area (Å²) in [6.07, 6.45) is 1.77. The molecule has 72 valence electrons. The third-order valence-electron chi connectivity index (χ3n) is 1.87. The molecule has 2 aromatic rings. The van der Waals surface area contributed by atoms with Crippen molar-refractivity contribution in [3.05, 3.63) is 36.5 Å². The van der Waals surface area contributed by atoms with Gasteiger partial charge < -0.3 is 4.74 Å². The zero-order valence-electron chi connectivity index (χ0n) is 7.93. The monoisotopic (exact) mass is 205 g/mol. The van der Waals surface area contributed by atoms with Crippen molar-refractivity contribution >= 4 is 11.5 Å². The third-order valence-corrected chi connectivity index (χ3v) is 2.70. The molecular weight excluding hydrogens is 194 g/mol. The second-order valence-electron chi connectivity index (χ2n) is 2.82. The average molecular weight is 205 g/mol. The maximum atomic E-state index is 5.48. The Hall–Kier alpha value is -1.35. The van der Waals surface area contributed by atoms with Gasteiger partial charge in [-0.2, -0.15) is 4.37 Å². The third kappa shape index (κ3) is 1.77. The van der Waals surface area contributed by atoms with Crippen LogP contribution in [0.25, 0.3) is 10.4 Å². The van der Waals surface area contributed by atoms with Gasteiger partial charge in [0.05, 0.1) is 17.7 Å². The van der Waals surface area contributed by atoms with Gasteiger partial charge >= 0.3 is 0 Å². The van der Waals surface area contributed by atoms with Crippen LogP contribution in [0.5, 0.6) is 5.75 Å². The van der Waals surface area contributed by atoms with E-state index in [1.54, 1.807) is 6.20 Å². The predicted molar refractivity (Wildman–Crippen MR) is 58.7 cm³/mol. The van der Waals surface area contributed by atoms with E-state index in [2.05, 4.69) is 16.5 Å². The summed E-state index contributed by atoms with van der Waals surface area (Å²) in [5, 5.41) is 0. The van der Waals surface area contributed by atoms with Gasteiger partial charge in [0.2, 0.25) is 0 Å². The van der Waals surface area contributed by atoms with Crippen molar-refractivity contribution in [1.82, 2.24) is 4.37 Å². The van der Waals surface area contributed by atoms with Crippen LogP contribution in [0.15, 0.2) is 36.5 Å². The van der Waals surface area contributed by atoms with Gasteiger partial charge in [0.15, 0.2) is 5.75 Å². The van der Waals surface area contributed by atoms with Crippen LogP contribution in [0.1, 0.15) is 6.92 Å². The van der Waals surface area contributed by atoms with Crippen molar-refractivity contribution in [3.63, 3.8) is 0 Å². The van der Waals surface area contributed by atoms with E-state index in [-0.39, 0.29) is 0 Å². The fourth-order valence-electron chi connectivity index (χ4n) is 1.27. The highest BCUT2D eigenvalue weighted by Gasteiger charge is 2.07. The Bertz CT molecular complexity index is 397. The van der Waals surface area contributed by atoms with E-state index >= 15 is 0 Å². The van der Waals surface area contributed by atoms with Gasteiger partial charge in [-0.1, -0.05) is 30.3 Å². The standard InChI is InChI=1S/C11H11NOS/c1-2-13-10-8-12-14-11(10)9-6-4-3-5-7-9/h3-8H,2H2,1H3.